The van der Waals surface area contributed by atoms with Gasteiger partial charge in [-0.25, -0.2) is 8.42 Å². The number of aryl methyl sites for hydroxylation is 1. The van der Waals surface area contributed by atoms with Crippen molar-refractivity contribution in [1.29, 1.82) is 0 Å². The van der Waals surface area contributed by atoms with Crippen molar-refractivity contribution in [2.75, 3.05) is 10.6 Å². The van der Waals surface area contributed by atoms with Gasteiger partial charge in [0.05, 0.1) is 18.0 Å². The Bertz CT molecular complexity index is 1010. The minimum absolute atomic E-state index is 0.0460. The van der Waals surface area contributed by atoms with Crippen molar-refractivity contribution < 1.29 is 13.2 Å². The smallest absolute Gasteiger partial charge is 0.244 e. The summed E-state index contributed by atoms with van der Waals surface area (Å²) in [4.78, 5) is 13.0. The molecule has 7 heteroatoms. The van der Waals surface area contributed by atoms with Gasteiger partial charge in [-0.3, -0.25) is 9.10 Å². The minimum atomic E-state index is -3.71. The Morgan fingerprint density at radius 2 is 1.63 bits per heavy atom. The van der Waals surface area contributed by atoms with Crippen LogP contribution in [-0.2, 0) is 20.2 Å². The Morgan fingerprint density at radius 1 is 1.07 bits per heavy atom. The quantitative estimate of drug-likeness (QED) is 0.675. The van der Waals surface area contributed by atoms with E-state index in [9.17, 15) is 13.2 Å². The van der Waals surface area contributed by atoms with E-state index in [2.05, 4.69) is 38.2 Å². The van der Waals surface area contributed by atoms with Crippen molar-refractivity contribution in [1.82, 2.24) is 5.32 Å². The lowest BCUT2D eigenvalue weighted by molar-refractivity contribution is -0.122. The first-order valence-electron chi connectivity index (χ1n) is 9.88. The SMILES string of the molecule is Cc1ccc(Cl)cc1N([C@H](C)C(=O)N[C@H](C)c1ccc(C(C)(C)C)cc1)S(C)(=O)=O. The molecule has 0 aliphatic heterocycles. The third-order valence-electron chi connectivity index (χ3n) is 5.13. The van der Waals surface area contributed by atoms with Crippen LogP contribution in [0.5, 0.6) is 0 Å². The number of anilines is 1. The summed E-state index contributed by atoms with van der Waals surface area (Å²) in [6.07, 6.45) is 1.09. The molecule has 0 aliphatic carbocycles. The molecule has 2 aromatic carbocycles. The summed E-state index contributed by atoms with van der Waals surface area (Å²) in [5, 5.41) is 3.34. The number of nitrogens with zero attached hydrogens (tertiary/aromatic N) is 1. The number of nitrogens with one attached hydrogen (secondary N) is 1. The highest BCUT2D eigenvalue weighted by Gasteiger charge is 2.31. The first-order chi connectivity index (χ1) is 13.7. The van der Waals surface area contributed by atoms with E-state index >= 15 is 0 Å². The van der Waals surface area contributed by atoms with Gasteiger partial charge in [-0.15, -0.1) is 0 Å². The molecule has 30 heavy (non-hydrogen) atoms. The van der Waals surface area contributed by atoms with Crippen LogP contribution in [0.25, 0.3) is 0 Å². The first-order valence-corrected chi connectivity index (χ1v) is 12.1. The Balaban J connectivity index is 2.26. The second kappa shape index (κ2) is 8.98. The lowest BCUT2D eigenvalue weighted by Gasteiger charge is -2.30. The molecule has 0 bridgehead atoms. The Kier molecular flexibility index (Phi) is 7.25. The van der Waals surface area contributed by atoms with Crippen LogP contribution in [0.15, 0.2) is 42.5 Å². The van der Waals surface area contributed by atoms with E-state index in [0.29, 0.717) is 10.7 Å². The summed E-state index contributed by atoms with van der Waals surface area (Å²) in [6, 6.07) is 11.9. The summed E-state index contributed by atoms with van der Waals surface area (Å²) in [6.45, 7) is 11.7. The lowest BCUT2D eigenvalue weighted by Crippen LogP contribution is -2.48. The largest absolute Gasteiger partial charge is 0.348 e. The van der Waals surface area contributed by atoms with Crippen molar-refractivity contribution in [3.05, 3.63) is 64.2 Å². The van der Waals surface area contributed by atoms with Crippen LogP contribution in [0, 0.1) is 6.92 Å². The molecular weight excluding hydrogens is 420 g/mol. The van der Waals surface area contributed by atoms with Gasteiger partial charge in [0.15, 0.2) is 0 Å². The lowest BCUT2D eigenvalue weighted by atomic mass is 9.86. The molecule has 0 saturated heterocycles. The fraction of sp³-hybridized carbons (Fsp3) is 0.435. The summed E-state index contributed by atoms with van der Waals surface area (Å²) < 4.78 is 26.2. The van der Waals surface area contributed by atoms with Crippen LogP contribution in [0.2, 0.25) is 5.02 Å². The second-order valence-electron chi connectivity index (χ2n) is 8.77. The van der Waals surface area contributed by atoms with Crippen LogP contribution < -0.4 is 9.62 Å². The van der Waals surface area contributed by atoms with E-state index < -0.39 is 16.1 Å². The standard InChI is InChI=1S/C23H31ClN2O3S/c1-15-8-13-20(24)14-21(15)26(30(7,28)29)17(3)22(27)25-16(2)18-9-11-19(12-10-18)23(4,5)6/h8-14,16-17H,1-7H3,(H,25,27)/t16-,17-/m1/s1. The average molecular weight is 451 g/mol. The van der Waals surface area contributed by atoms with Crippen LogP contribution in [0.3, 0.4) is 0 Å². The van der Waals surface area contributed by atoms with Gasteiger partial charge in [0, 0.05) is 5.02 Å². The van der Waals surface area contributed by atoms with Gasteiger partial charge < -0.3 is 5.32 Å². The Labute approximate surface area is 185 Å². The zero-order valence-electron chi connectivity index (χ0n) is 18.7. The maximum absolute atomic E-state index is 13.0. The molecule has 0 radical (unpaired) electrons. The number of sulfonamides is 1. The average Bonchev–Trinajstić information content (AvgIpc) is 2.62. The molecule has 0 aromatic heterocycles. The molecule has 0 aliphatic rings. The molecule has 1 N–H and O–H groups in total. The molecule has 5 nitrogen and oxygen atoms in total. The van der Waals surface area contributed by atoms with Crippen molar-refractivity contribution in [3.8, 4) is 0 Å². The maximum Gasteiger partial charge on any atom is 0.244 e. The number of halogens is 1. The number of carbonyl (C=O) groups excluding carboxylic acids is 1. The molecular formula is C23H31ClN2O3S. The van der Waals surface area contributed by atoms with Gasteiger partial charge in [0.2, 0.25) is 15.9 Å². The van der Waals surface area contributed by atoms with Crippen LogP contribution in [0.4, 0.5) is 5.69 Å². The molecule has 164 valence electrons. The van der Waals surface area contributed by atoms with Gasteiger partial charge in [0.25, 0.3) is 0 Å². The number of amides is 1. The number of rotatable bonds is 6. The highest BCUT2D eigenvalue weighted by Crippen LogP contribution is 2.29. The monoisotopic (exact) mass is 450 g/mol. The third-order valence-corrected chi connectivity index (χ3v) is 6.60. The highest BCUT2D eigenvalue weighted by atomic mass is 35.5. The van der Waals surface area contributed by atoms with Gasteiger partial charge in [-0.05, 0) is 55.0 Å². The van der Waals surface area contributed by atoms with Gasteiger partial charge in [-0.1, -0.05) is 62.7 Å². The number of benzene rings is 2. The summed E-state index contributed by atoms with van der Waals surface area (Å²) >= 11 is 6.08. The minimum Gasteiger partial charge on any atom is -0.348 e. The van der Waals surface area contributed by atoms with E-state index in [-0.39, 0.29) is 17.4 Å². The zero-order chi connectivity index (χ0) is 22.9. The highest BCUT2D eigenvalue weighted by molar-refractivity contribution is 7.92. The predicted octanol–water partition coefficient (Wildman–Crippen LogP) is 4.98. The first kappa shape index (κ1) is 24.2. The van der Waals surface area contributed by atoms with Crippen LogP contribution in [0.1, 0.15) is 57.4 Å². The molecule has 0 saturated carbocycles. The molecule has 0 heterocycles. The Hall–Kier alpha value is -2.05. The van der Waals surface area contributed by atoms with E-state index in [1.54, 1.807) is 32.0 Å². The number of hydrogen-bond acceptors (Lipinski definition) is 3. The molecule has 0 unspecified atom stereocenters. The molecule has 0 spiro atoms. The van der Waals surface area contributed by atoms with E-state index in [1.165, 1.54) is 5.56 Å². The summed E-state index contributed by atoms with van der Waals surface area (Å²) in [5.41, 5.74) is 3.32. The molecule has 2 rings (SSSR count). The molecule has 1 amide bonds. The fourth-order valence-electron chi connectivity index (χ4n) is 3.29. The van der Waals surface area contributed by atoms with Gasteiger partial charge in [0.1, 0.15) is 6.04 Å². The van der Waals surface area contributed by atoms with Gasteiger partial charge in [-0.2, -0.15) is 0 Å². The topological polar surface area (TPSA) is 66.5 Å². The second-order valence-corrected chi connectivity index (χ2v) is 11.1. The molecule has 0 fully saturated rings. The van der Waals surface area contributed by atoms with Crippen LogP contribution in [-0.4, -0.2) is 26.6 Å². The van der Waals surface area contributed by atoms with Crippen molar-refractivity contribution in [3.63, 3.8) is 0 Å². The fourth-order valence-corrected chi connectivity index (χ4v) is 4.68. The van der Waals surface area contributed by atoms with Crippen molar-refractivity contribution in [2.24, 2.45) is 0 Å². The van der Waals surface area contributed by atoms with E-state index in [0.717, 1.165) is 21.7 Å². The predicted molar refractivity (Wildman–Crippen MR) is 125 cm³/mol. The van der Waals surface area contributed by atoms with E-state index in [4.69, 9.17) is 11.6 Å². The number of carbonyl (C=O) groups is 1. The van der Waals surface area contributed by atoms with Crippen molar-refractivity contribution in [2.45, 2.75) is 59.0 Å². The molecule has 2 aromatic rings. The maximum atomic E-state index is 13.0. The molecule has 2 atom stereocenters. The Morgan fingerprint density at radius 3 is 2.13 bits per heavy atom. The normalized spacial score (nSPS) is 14.1. The summed E-state index contributed by atoms with van der Waals surface area (Å²) in [5.74, 6) is -0.382. The van der Waals surface area contributed by atoms with E-state index in [1.807, 2.05) is 19.1 Å². The summed E-state index contributed by atoms with van der Waals surface area (Å²) in [7, 11) is -3.71. The zero-order valence-corrected chi connectivity index (χ0v) is 20.2. The van der Waals surface area contributed by atoms with Crippen molar-refractivity contribution >= 4 is 33.2 Å². The van der Waals surface area contributed by atoms with Crippen LogP contribution >= 0.6 is 11.6 Å². The number of hydrogen-bond donors (Lipinski definition) is 1. The van der Waals surface area contributed by atoms with Gasteiger partial charge >= 0.3 is 0 Å². The third kappa shape index (κ3) is 5.76.